The summed E-state index contributed by atoms with van der Waals surface area (Å²) in [5.41, 5.74) is 0.714. The highest BCUT2D eigenvalue weighted by Crippen LogP contribution is 2.55. The van der Waals surface area contributed by atoms with Gasteiger partial charge in [-0.25, -0.2) is 4.79 Å². The van der Waals surface area contributed by atoms with E-state index in [-0.39, 0.29) is 37.1 Å². The summed E-state index contributed by atoms with van der Waals surface area (Å²) in [6.07, 6.45) is 9.84. The zero-order valence-corrected chi connectivity index (χ0v) is 37.5. The zero-order valence-electron chi connectivity index (χ0n) is 37.5. The average Bonchev–Trinajstić information content (AvgIpc) is 3.23. The number of terminal acetylenes is 1. The van der Waals surface area contributed by atoms with Crippen LogP contribution in [0, 0.1) is 37.0 Å². The quantitative estimate of drug-likeness (QED) is 0.0785. The van der Waals surface area contributed by atoms with Crippen LogP contribution in [0.4, 0.5) is 0 Å². The molecule has 0 bridgehead atoms. The maximum Gasteiger partial charge on any atom is 0.335 e. The van der Waals surface area contributed by atoms with Crippen LogP contribution in [0.25, 0.3) is 0 Å². The molecule has 12 heteroatoms. The molecule has 0 aromatic heterocycles. The van der Waals surface area contributed by atoms with Gasteiger partial charge in [0.25, 0.3) is 5.91 Å². The van der Waals surface area contributed by atoms with E-state index in [2.05, 4.69) is 18.2 Å². The normalized spacial score (nSPS) is 25.2. The predicted octanol–water partition coefficient (Wildman–Crippen LogP) is 7.49. The molecule has 1 heterocycles. The lowest BCUT2D eigenvalue weighted by molar-refractivity contribution is -0.312. The van der Waals surface area contributed by atoms with Gasteiger partial charge >= 0.3 is 17.9 Å². The number of hydrogen-bond donors (Lipinski definition) is 3. The number of aliphatic hydroxyl groups is 1. The number of rotatable bonds is 15. The van der Waals surface area contributed by atoms with Crippen molar-refractivity contribution in [3.05, 3.63) is 119 Å². The van der Waals surface area contributed by atoms with Crippen LogP contribution in [0.15, 0.2) is 96.6 Å². The summed E-state index contributed by atoms with van der Waals surface area (Å²) in [7, 11) is 0. The Morgan fingerprint density at radius 3 is 2.06 bits per heavy atom. The number of carboxylic acid groups (broad SMARTS) is 1. The van der Waals surface area contributed by atoms with Gasteiger partial charge in [0.05, 0.1) is 30.3 Å². The fourth-order valence-corrected chi connectivity index (χ4v) is 9.09. The van der Waals surface area contributed by atoms with Crippen molar-refractivity contribution in [2.45, 2.75) is 123 Å². The van der Waals surface area contributed by atoms with Crippen LogP contribution in [0.3, 0.4) is 0 Å². The number of aryl methyl sites for hydroxylation is 1. The number of amides is 1. The lowest BCUT2D eigenvalue weighted by atomic mass is 9.55. The Morgan fingerprint density at radius 2 is 1.52 bits per heavy atom. The third kappa shape index (κ3) is 12.5. The van der Waals surface area contributed by atoms with Crippen molar-refractivity contribution in [2.24, 2.45) is 17.3 Å². The van der Waals surface area contributed by atoms with Gasteiger partial charge in [0, 0.05) is 48.8 Å². The first-order valence-electron chi connectivity index (χ1n) is 21.5. The molecule has 63 heavy (non-hydrogen) atoms. The number of ketones is 1. The number of benzene rings is 3. The highest BCUT2D eigenvalue weighted by Gasteiger charge is 2.64. The van der Waals surface area contributed by atoms with Gasteiger partial charge in [-0.2, -0.15) is 0 Å². The summed E-state index contributed by atoms with van der Waals surface area (Å²) >= 11 is 0. The van der Waals surface area contributed by atoms with Crippen molar-refractivity contribution in [1.82, 2.24) is 5.32 Å². The van der Waals surface area contributed by atoms with Gasteiger partial charge in [0.1, 0.15) is 11.7 Å². The molecule has 2 aliphatic carbocycles. The second kappa shape index (κ2) is 22.1. The Hall–Kier alpha value is -5.61. The Labute approximate surface area is 371 Å². The smallest absolute Gasteiger partial charge is 0.335 e. The molecule has 1 saturated carbocycles. The molecule has 338 valence electrons. The lowest BCUT2D eigenvalue weighted by Crippen LogP contribution is -2.70. The molecule has 1 amide bonds. The van der Waals surface area contributed by atoms with E-state index in [9.17, 15) is 29.1 Å². The molecule has 3 N–H and O–H groups in total. The summed E-state index contributed by atoms with van der Waals surface area (Å²) in [5.74, 6) is -3.36. The largest absolute Gasteiger partial charge is 0.478 e. The van der Waals surface area contributed by atoms with Crippen molar-refractivity contribution in [2.75, 3.05) is 13.2 Å². The van der Waals surface area contributed by atoms with Gasteiger partial charge in [-0.05, 0) is 88.8 Å². The molecule has 3 aromatic carbocycles. The third-order valence-electron chi connectivity index (χ3n) is 12.5. The molecule has 8 atom stereocenters. The fraction of sp³-hybridized carbons (Fsp3) is 0.471. The van der Waals surface area contributed by atoms with Crippen LogP contribution in [0.2, 0.25) is 0 Å². The van der Waals surface area contributed by atoms with E-state index >= 15 is 0 Å². The van der Waals surface area contributed by atoms with E-state index in [0.717, 1.165) is 16.7 Å². The molecule has 1 saturated heterocycles. The van der Waals surface area contributed by atoms with Crippen molar-refractivity contribution in [1.29, 1.82) is 0 Å². The highest BCUT2D eigenvalue weighted by atomic mass is 16.6. The fourth-order valence-electron chi connectivity index (χ4n) is 9.09. The highest BCUT2D eigenvalue weighted by molar-refractivity contribution is 5.94. The number of esters is 2. The Morgan fingerprint density at radius 1 is 0.905 bits per heavy atom. The molecular weight excluding hydrogens is 803 g/mol. The van der Waals surface area contributed by atoms with E-state index in [4.69, 9.17) is 24.1 Å². The predicted molar refractivity (Wildman–Crippen MR) is 239 cm³/mol. The van der Waals surface area contributed by atoms with Gasteiger partial charge < -0.3 is 34.5 Å². The minimum atomic E-state index is -1.41. The van der Waals surface area contributed by atoms with Crippen LogP contribution >= 0.6 is 0 Å². The maximum atomic E-state index is 13.9. The summed E-state index contributed by atoms with van der Waals surface area (Å²) in [6.45, 7) is 13.2. The number of carbonyl (C=O) groups is 5. The van der Waals surface area contributed by atoms with E-state index < -0.39 is 64.6 Å². The molecular formula is C51H63NO11. The molecule has 12 nitrogen and oxygen atoms in total. The SMILES string of the molecule is C#C.CCO[C@@]12CO[C@@H]1CCC(C(=O)[C@@H](C)OC(C)=O)C2C[C@]1(O)C[C@H](OC(=O)CC(Cc2ccccc2)NC(=O)c2ccc(C)cc2)C(C)=CC1(C)C.O=C(O)c1ccccc1. The summed E-state index contributed by atoms with van der Waals surface area (Å²) in [6, 6.07) is 24.7. The Kier molecular flexibility index (Phi) is 17.6. The number of carboxylic acids is 1. The second-order valence-corrected chi connectivity index (χ2v) is 17.3. The molecule has 0 spiro atoms. The minimum Gasteiger partial charge on any atom is -0.478 e. The molecule has 1 aliphatic heterocycles. The topological polar surface area (TPSA) is 175 Å². The van der Waals surface area contributed by atoms with Gasteiger partial charge in [-0.3, -0.25) is 19.2 Å². The molecule has 3 unspecified atom stereocenters. The van der Waals surface area contributed by atoms with Gasteiger partial charge in [-0.15, -0.1) is 12.8 Å². The lowest BCUT2D eigenvalue weighted by Gasteiger charge is -2.60. The Bertz CT molecular complexity index is 2080. The van der Waals surface area contributed by atoms with Crippen LogP contribution in [0.1, 0.15) is 105 Å². The second-order valence-electron chi connectivity index (χ2n) is 17.3. The van der Waals surface area contributed by atoms with Crippen LogP contribution in [0.5, 0.6) is 0 Å². The van der Waals surface area contributed by atoms with Crippen molar-refractivity contribution in [3.8, 4) is 12.8 Å². The van der Waals surface area contributed by atoms with E-state index in [1.54, 1.807) is 49.4 Å². The van der Waals surface area contributed by atoms with Crippen LogP contribution in [-0.4, -0.2) is 88.6 Å². The van der Waals surface area contributed by atoms with Crippen molar-refractivity contribution >= 4 is 29.6 Å². The standard InChI is InChI=1S/C42H55NO9.C7H6O2.C2H2/c1-8-50-42-25-49-36(42)19-18-33(38(46)28(4)51-29(5)44)34(42)23-41(48)24-35(27(3)22-40(41,6)7)52-37(45)21-32(20-30-12-10-9-11-13-30)43-39(47)31-16-14-26(2)15-17-31;8-7(9)6-4-2-1-3-5-6;1-2/h9-17,22,28,32-36,48H,8,18-21,23-25H2,1-7H3,(H,43,47);1-5H,(H,8,9);1-2H/t28-,32?,33?,34?,35+,36-,41+,42-;;/m1../s1. The maximum absolute atomic E-state index is 13.9. The average molecular weight is 866 g/mol. The molecule has 2 fully saturated rings. The first-order chi connectivity index (χ1) is 29.9. The monoisotopic (exact) mass is 865 g/mol. The molecule has 6 rings (SSSR count). The molecule has 3 aliphatic rings. The van der Waals surface area contributed by atoms with E-state index in [1.165, 1.54) is 6.92 Å². The zero-order chi connectivity index (χ0) is 46.5. The van der Waals surface area contributed by atoms with Crippen molar-refractivity contribution in [3.63, 3.8) is 0 Å². The first-order valence-corrected chi connectivity index (χ1v) is 21.5. The number of Topliss-reactive ketones (excluding diaryl/α,β-unsaturated/α-hetero) is 1. The first kappa shape index (κ1) is 50.0. The minimum absolute atomic E-state index is 0.0716. The Balaban J connectivity index is 0.000000696. The number of nitrogens with one attached hydrogen (secondary N) is 1. The van der Waals surface area contributed by atoms with Crippen LogP contribution < -0.4 is 5.32 Å². The number of carbonyl (C=O) groups excluding carboxylic acids is 4. The van der Waals surface area contributed by atoms with E-state index in [1.807, 2.05) is 83.2 Å². The molecule has 0 radical (unpaired) electrons. The van der Waals surface area contributed by atoms with E-state index in [0.29, 0.717) is 43.6 Å². The third-order valence-corrected chi connectivity index (χ3v) is 12.5. The summed E-state index contributed by atoms with van der Waals surface area (Å²) < 4.78 is 23.9. The molecule has 3 aromatic rings. The van der Waals surface area contributed by atoms with Crippen molar-refractivity contribution < 1.29 is 53.1 Å². The number of ether oxygens (including phenoxy) is 4. The number of fused-ring (bicyclic) bond motifs is 1. The van der Waals surface area contributed by atoms with Gasteiger partial charge in [0.15, 0.2) is 11.9 Å². The summed E-state index contributed by atoms with van der Waals surface area (Å²) in [5, 5.41) is 24.1. The number of hydrogen-bond acceptors (Lipinski definition) is 10. The van der Waals surface area contributed by atoms with Crippen LogP contribution in [-0.2, 0) is 39.8 Å². The summed E-state index contributed by atoms with van der Waals surface area (Å²) in [4.78, 5) is 62.8. The van der Waals surface area contributed by atoms with Gasteiger partial charge in [0.2, 0.25) is 0 Å². The number of aromatic carboxylic acids is 1. The van der Waals surface area contributed by atoms with Gasteiger partial charge in [-0.1, -0.05) is 86.2 Å².